The van der Waals surface area contributed by atoms with Crippen LogP contribution in [0.4, 0.5) is 0 Å². The molecule has 1 rings (SSSR count). The van der Waals surface area contributed by atoms with E-state index in [-0.39, 0.29) is 0 Å². The quantitative estimate of drug-likeness (QED) is 0.378. The fraction of sp³-hybridized carbons (Fsp3) is 0.429. The number of aryl methyl sites for hydroxylation is 2. The number of hydrogen-bond donors (Lipinski definition) is 1. The van der Waals surface area contributed by atoms with Gasteiger partial charge in [0.25, 0.3) is 0 Å². The maximum absolute atomic E-state index is 8.42. The van der Waals surface area contributed by atoms with Gasteiger partial charge in [0.2, 0.25) is 0 Å². The summed E-state index contributed by atoms with van der Waals surface area (Å²) in [5.74, 6) is 1.13. The van der Waals surface area contributed by atoms with Gasteiger partial charge in [0, 0.05) is 6.92 Å². The summed E-state index contributed by atoms with van der Waals surface area (Å²) in [6, 6.07) is 0. The first kappa shape index (κ1) is 7.78. The summed E-state index contributed by atoms with van der Waals surface area (Å²) in [6.45, 7) is 5.22. The average Bonchev–Trinajstić information content (AvgIpc) is 2.28. The molecule has 1 aromatic heterocycles. The molecule has 0 aromatic carbocycles. The predicted molar refractivity (Wildman–Crippen MR) is 40.0 cm³/mol. The zero-order valence-corrected chi connectivity index (χ0v) is 6.75. The predicted octanol–water partition coefficient (Wildman–Crippen LogP) is 1.49. The second-order valence-corrected chi connectivity index (χ2v) is 2.33. The molecule has 1 aromatic rings. The van der Waals surface area contributed by atoms with Crippen molar-refractivity contribution in [1.82, 2.24) is 4.98 Å². The molecule has 11 heavy (non-hydrogen) atoms. The zero-order valence-electron chi connectivity index (χ0n) is 6.75. The molecular weight excluding hydrogens is 144 g/mol. The number of oxime groups is 1. The van der Waals surface area contributed by atoms with Crippen LogP contribution in [0.15, 0.2) is 9.57 Å². The second kappa shape index (κ2) is 2.74. The van der Waals surface area contributed by atoms with E-state index in [1.165, 1.54) is 0 Å². The van der Waals surface area contributed by atoms with Crippen LogP contribution in [0.5, 0.6) is 0 Å². The Balaban J connectivity index is 3.13. The Morgan fingerprint density at radius 2 is 2.18 bits per heavy atom. The summed E-state index contributed by atoms with van der Waals surface area (Å²) >= 11 is 0. The smallest absolute Gasteiger partial charge is 0.192 e. The minimum atomic E-state index is 0.447. The van der Waals surface area contributed by atoms with Crippen LogP contribution in [-0.2, 0) is 0 Å². The molecule has 1 N–H and O–H groups in total. The standard InChI is InChI=1S/C7H10N2O2/c1-4-7(5(2)9-10)11-6(3)8-4/h10H,1-3H3. The highest BCUT2D eigenvalue weighted by Gasteiger charge is 2.09. The Morgan fingerprint density at radius 3 is 2.55 bits per heavy atom. The van der Waals surface area contributed by atoms with Crippen LogP contribution in [0, 0.1) is 13.8 Å². The average molecular weight is 154 g/mol. The van der Waals surface area contributed by atoms with Gasteiger partial charge in [-0.3, -0.25) is 0 Å². The Labute approximate surface area is 64.5 Å². The van der Waals surface area contributed by atoms with E-state index in [9.17, 15) is 0 Å². The highest BCUT2D eigenvalue weighted by Crippen LogP contribution is 2.09. The van der Waals surface area contributed by atoms with Gasteiger partial charge in [-0.2, -0.15) is 0 Å². The summed E-state index contributed by atoms with van der Waals surface area (Å²) in [5, 5.41) is 11.4. The maximum atomic E-state index is 8.42. The third-order valence-corrected chi connectivity index (χ3v) is 1.38. The lowest BCUT2D eigenvalue weighted by Gasteiger charge is -1.90. The molecule has 0 unspecified atom stereocenters. The molecule has 4 heteroatoms. The van der Waals surface area contributed by atoms with Crippen LogP contribution in [-0.4, -0.2) is 15.9 Å². The van der Waals surface area contributed by atoms with Gasteiger partial charge in [-0.15, -0.1) is 0 Å². The zero-order chi connectivity index (χ0) is 8.43. The Hall–Kier alpha value is -1.32. The summed E-state index contributed by atoms with van der Waals surface area (Å²) in [4.78, 5) is 4.02. The van der Waals surface area contributed by atoms with Gasteiger partial charge in [0.15, 0.2) is 11.7 Å². The molecule has 0 spiro atoms. The van der Waals surface area contributed by atoms with Gasteiger partial charge in [0.05, 0.1) is 5.69 Å². The van der Waals surface area contributed by atoms with Crippen LogP contribution in [0.25, 0.3) is 0 Å². The number of nitrogens with zero attached hydrogens (tertiary/aromatic N) is 2. The first-order valence-electron chi connectivity index (χ1n) is 3.28. The van der Waals surface area contributed by atoms with E-state index < -0.39 is 0 Å². The van der Waals surface area contributed by atoms with Gasteiger partial charge < -0.3 is 9.62 Å². The van der Waals surface area contributed by atoms with E-state index >= 15 is 0 Å². The van der Waals surface area contributed by atoms with E-state index in [0.717, 1.165) is 5.69 Å². The molecule has 0 aliphatic carbocycles. The van der Waals surface area contributed by atoms with Crippen molar-refractivity contribution in [2.45, 2.75) is 20.8 Å². The van der Waals surface area contributed by atoms with E-state index in [1.807, 2.05) is 0 Å². The van der Waals surface area contributed by atoms with Crippen LogP contribution < -0.4 is 0 Å². The van der Waals surface area contributed by atoms with Crippen LogP contribution in [0.1, 0.15) is 24.3 Å². The first-order valence-corrected chi connectivity index (χ1v) is 3.28. The molecule has 0 amide bonds. The van der Waals surface area contributed by atoms with Crippen molar-refractivity contribution in [2.75, 3.05) is 0 Å². The molecule has 60 valence electrons. The Kier molecular flexibility index (Phi) is 1.94. The molecule has 0 atom stereocenters. The van der Waals surface area contributed by atoms with Crippen LogP contribution in [0.2, 0.25) is 0 Å². The van der Waals surface area contributed by atoms with Crippen LogP contribution in [0.3, 0.4) is 0 Å². The summed E-state index contributed by atoms with van der Waals surface area (Å²) in [6.07, 6.45) is 0. The molecule has 0 saturated carbocycles. The highest BCUT2D eigenvalue weighted by molar-refractivity contribution is 5.96. The first-order chi connectivity index (χ1) is 5.15. The van der Waals surface area contributed by atoms with Crippen molar-refractivity contribution in [3.8, 4) is 0 Å². The van der Waals surface area contributed by atoms with E-state index in [1.54, 1.807) is 20.8 Å². The lowest BCUT2D eigenvalue weighted by molar-refractivity contribution is 0.317. The Bertz CT molecular complexity index is 289. The van der Waals surface area contributed by atoms with Crippen molar-refractivity contribution in [3.05, 3.63) is 17.3 Å². The van der Waals surface area contributed by atoms with Gasteiger partial charge in [0.1, 0.15) is 5.71 Å². The number of hydrogen-bond acceptors (Lipinski definition) is 4. The van der Waals surface area contributed by atoms with Crippen molar-refractivity contribution in [3.63, 3.8) is 0 Å². The molecule has 0 aliphatic heterocycles. The minimum absolute atomic E-state index is 0.447. The molecule has 0 saturated heterocycles. The molecule has 4 nitrogen and oxygen atoms in total. The summed E-state index contributed by atoms with van der Waals surface area (Å²) < 4.78 is 5.17. The second-order valence-electron chi connectivity index (χ2n) is 2.33. The molecule has 0 bridgehead atoms. The third kappa shape index (κ3) is 1.39. The van der Waals surface area contributed by atoms with E-state index in [2.05, 4.69) is 10.1 Å². The molecule has 1 heterocycles. The van der Waals surface area contributed by atoms with E-state index in [0.29, 0.717) is 17.4 Å². The molecule has 0 aliphatic rings. The topological polar surface area (TPSA) is 58.6 Å². The molecule has 0 fully saturated rings. The Morgan fingerprint density at radius 1 is 1.55 bits per heavy atom. The van der Waals surface area contributed by atoms with Crippen molar-refractivity contribution in [1.29, 1.82) is 0 Å². The minimum Gasteiger partial charge on any atom is -0.439 e. The van der Waals surface area contributed by atoms with Gasteiger partial charge in [-0.05, 0) is 13.8 Å². The number of aromatic nitrogens is 1. The van der Waals surface area contributed by atoms with Gasteiger partial charge >= 0.3 is 0 Å². The number of oxazole rings is 1. The van der Waals surface area contributed by atoms with Gasteiger partial charge in [-0.25, -0.2) is 4.98 Å². The number of rotatable bonds is 1. The fourth-order valence-electron chi connectivity index (χ4n) is 0.912. The van der Waals surface area contributed by atoms with Gasteiger partial charge in [-0.1, -0.05) is 5.16 Å². The monoisotopic (exact) mass is 154 g/mol. The van der Waals surface area contributed by atoms with Crippen LogP contribution >= 0.6 is 0 Å². The maximum Gasteiger partial charge on any atom is 0.192 e. The van der Waals surface area contributed by atoms with Crippen molar-refractivity contribution in [2.24, 2.45) is 5.16 Å². The highest BCUT2D eigenvalue weighted by atomic mass is 16.4. The summed E-state index contributed by atoms with van der Waals surface area (Å²) in [7, 11) is 0. The fourth-order valence-corrected chi connectivity index (χ4v) is 0.912. The molecular formula is C7H10N2O2. The molecule has 0 radical (unpaired) electrons. The SMILES string of the molecule is CC(=NO)c1oc(C)nc1C. The lowest BCUT2D eigenvalue weighted by atomic mass is 10.3. The largest absolute Gasteiger partial charge is 0.439 e. The normalized spacial score (nSPS) is 12.1. The summed E-state index contributed by atoms with van der Waals surface area (Å²) in [5.41, 5.74) is 1.20. The lowest BCUT2D eigenvalue weighted by Crippen LogP contribution is -1.94. The third-order valence-electron chi connectivity index (χ3n) is 1.38. The van der Waals surface area contributed by atoms with E-state index in [4.69, 9.17) is 9.62 Å². The van der Waals surface area contributed by atoms with Crippen molar-refractivity contribution < 1.29 is 9.62 Å². The van der Waals surface area contributed by atoms with Crippen molar-refractivity contribution >= 4 is 5.71 Å².